The summed E-state index contributed by atoms with van der Waals surface area (Å²) in [5.41, 5.74) is 0.748. The fraction of sp³-hybridized carbons (Fsp3) is 0.375. The van der Waals surface area contributed by atoms with E-state index in [9.17, 15) is 18.8 Å². The standard InChI is InChI=1S/C24H27FN6O4/c1-14-12-31(22(33)21(32)28-18-11-26-9-16-10-27-29-20(16)18)19(15-5-7-17(25)8-6-15)13-30(14)23(34)35-24(2,3)4/h5-11,14,19H,12-13H2,1-4H3,(H,27,29)(H,28,32)/t14-,19+/m0/s1. The minimum Gasteiger partial charge on any atom is -0.444 e. The van der Waals surface area contributed by atoms with Crippen LogP contribution in [0.3, 0.4) is 0 Å². The lowest BCUT2D eigenvalue weighted by Gasteiger charge is -2.45. The van der Waals surface area contributed by atoms with Crippen LogP contribution in [0.1, 0.15) is 39.3 Å². The number of aromatic amines is 1. The molecule has 4 rings (SSSR count). The van der Waals surface area contributed by atoms with E-state index in [-0.39, 0.29) is 13.1 Å². The van der Waals surface area contributed by atoms with Crippen molar-refractivity contribution in [1.29, 1.82) is 0 Å². The molecule has 0 radical (unpaired) electrons. The summed E-state index contributed by atoms with van der Waals surface area (Å²) in [7, 11) is 0. The van der Waals surface area contributed by atoms with Gasteiger partial charge in [-0.15, -0.1) is 0 Å². The highest BCUT2D eigenvalue weighted by atomic mass is 19.1. The number of amides is 3. The van der Waals surface area contributed by atoms with Crippen LogP contribution in [0, 0.1) is 5.82 Å². The summed E-state index contributed by atoms with van der Waals surface area (Å²) in [4.78, 5) is 46.2. The minimum absolute atomic E-state index is 0.0818. The molecule has 2 N–H and O–H groups in total. The summed E-state index contributed by atoms with van der Waals surface area (Å²) < 4.78 is 19.1. The molecule has 1 saturated heterocycles. The number of H-pyrrole nitrogens is 1. The average Bonchev–Trinajstić information content (AvgIpc) is 3.28. The predicted octanol–water partition coefficient (Wildman–Crippen LogP) is 3.24. The van der Waals surface area contributed by atoms with Crippen molar-refractivity contribution < 1.29 is 23.5 Å². The quantitative estimate of drug-likeness (QED) is 0.541. The highest BCUT2D eigenvalue weighted by Crippen LogP contribution is 2.30. The molecule has 0 bridgehead atoms. The number of fused-ring (bicyclic) bond motifs is 1. The number of pyridine rings is 1. The maximum Gasteiger partial charge on any atom is 0.410 e. The molecule has 35 heavy (non-hydrogen) atoms. The first-order chi connectivity index (χ1) is 16.5. The van der Waals surface area contributed by atoms with Gasteiger partial charge in [-0.25, -0.2) is 9.18 Å². The fourth-order valence-electron chi connectivity index (χ4n) is 4.01. The third kappa shape index (κ3) is 5.23. The zero-order chi connectivity index (χ0) is 25.3. The van der Waals surface area contributed by atoms with E-state index in [1.165, 1.54) is 40.3 Å². The summed E-state index contributed by atoms with van der Waals surface area (Å²) >= 11 is 0. The first-order valence-electron chi connectivity index (χ1n) is 11.2. The molecule has 2 aromatic heterocycles. The Morgan fingerprint density at radius 2 is 1.80 bits per heavy atom. The van der Waals surface area contributed by atoms with Crippen molar-refractivity contribution in [1.82, 2.24) is 25.0 Å². The van der Waals surface area contributed by atoms with Crippen LogP contribution < -0.4 is 5.32 Å². The Morgan fingerprint density at radius 3 is 2.49 bits per heavy atom. The largest absolute Gasteiger partial charge is 0.444 e. The molecule has 10 nitrogen and oxygen atoms in total. The number of ether oxygens (including phenoxy) is 1. The average molecular weight is 483 g/mol. The van der Waals surface area contributed by atoms with Gasteiger partial charge in [-0.3, -0.25) is 19.7 Å². The molecule has 3 amide bonds. The van der Waals surface area contributed by atoms with Gasteiger partial charge in [0.25, 0.3) is 0 Å². The van der Waals surface area contributed by atoms with Crippen molar-refractivity contribution in [3.63, 3.8) is 0 Å². The molecular formula is C24H27FN6O4. The Labute approximate surface area is 201 Å². The maximum atomic E-state index is 13.6. The highest BCUT2D eigenvalue weighted by molar-refractivity contribution is 6.40. The number of carbonyl (C=O) groups is 3. The monoisotopic (exact) mass is 482 g/mol. The number of hydrogen-bond acceptors (Lipinski definition) is 6. The van der Waals surface area contributed by atoms with Crippen molar-refractivity contribution in [3.05, 3.63) is 54.2 Å². The Balaban J connectivity index is 1.60. The van der Waals surface area contributed by atoms with Gasteiger partial charge < -0.3 is 19.9 Å². The zero-order valence-electron chi connectivity index (χ0n) is 19.9. The number of halogens is 1. The van der Waals surface area contributed by atoms with Gasteiger partial charge in [-0.05, 0) is 45.4 Å². The third-order valence-corrected chi connectivity index (χ3v) is 5.68. The number of piperazine rings is 1. The number of hydrogen-bond donors (Lipinski definition) is 2. The van der Waals surface area contributed by atoms with E-state index in [0.29, 0.717) is 22.2 Å². The van der Waals surface area contributed by atoms with Crippen LogP contribution in [-0.2, 0) is 14.3 Å². The smallest absolute Gasteiger partial charge is 0.410 e. The van der Waals surface area contributed by atoms with Crippen molar-refractivity contribution in [2.45, 2.75) is 45.4 Å². The molecule has 1 aliphatic heterocycles. The second-order valence-electron chi connectivity index (χ2n) is 9.48. The second kappa shape index (κ2) is 9.32. The lowest BCUT2D eigenvalue weighted by atomic mass is 9.99. The molecule has 0 aliphatic carbocycles. The molecule has 1 aromatic carbocycles. The van der Waals surface area contributed by atoms with Gasteiger partial charge in [0, 0.05) is 30.7 Å². The van der Waals surface area contributed by atoms with Crippen molar-refractivity contribution in [2.75, 3.05) is 18.4 Å². The van der Waals surface area contributed by atoms with Gasteiger partial charge in [0.15, 0.2) is 0 Å². The molecule has 0 spiro atoms. The fourth-order valence-corrected chi connectivity index (χ4v) is 4.01. The van der Waals surface area contributed by atoms with E-state index >= 15 is 0 Å². The first kappa shape index (κ1) is 24.1. The first-order valence-corrected chi connectivity index (χ1v) is 11.2. The van der Waals surface area contributed by atoms with Crippen molar-refractivity contribution >= 4 is 34.5 Å². The van der Waals surface area contributed by atoms with Crippen LogP contribution in [-0.4, -0.2) is 67.6 Å². The van der Waals surface area contributed by atoms with Crippen molar-refractivity contribution in [3.8, 4) is 0 Å². The molecule has 3 heterocycles. The van der Waals surface area contributed by atoms with Gasteiger partial charge in [-0.2, -0.15) is 5.10 Å². The molecule has 1 fully saturated rings. The van der Waals surface area contributed by atoms with E-state index in [1.807, 2.05) is 0 Å². The van der Waals surface area contributed by atoms with Gasteiger partial charge in [0.05, 0.1) is 29.6 Å². The van der Waals surface area contributed by atoms with Crippen LogP contribution in [0.25, 0.3) is 10.9 Å². The lowest BCUT2D eigenvalue weighted by molar-refractivity contribution is -0.147. The van der Waals surface area contributed by atoms with Crippen LogP contribution in [0.5, 0.6) is 0 Å². The highest BCUT2D eigenvalue weighted by Gasteiger charge is 2.41. The van der Waals surface area contributed by atoms with E-state index in [2.05, 4.69) is 20.5 Å². The summed E-state index contributed by atoms with van der Waals surface area (Å²) in [6.45, 7) is 7.25. The van der Waals surface area contributed by atoms with Crippen LogP contribution in [0.15, 0.2) is 42.9 Å². The van der Waals surface area contributed by atoms with Gasteiger partial charge in [-0.1, -0.05) is 12.1 Å². The van der Waals surface area contributed by atoms with Crippen LogP contribution >= 0.6 is 0 Å². The number of anilines is 1. The summed E-state index contributed by atoms with van der Waals surface area (Å²) in [5.74, 6) is -2.08. The number of rotatable bonds is 2. The molecular weight excluding hydrogens is 455 g/mol. The molecule has 2 atom stereocenters. The number of nitrogens with zero attached hydrogens (tertiary/aromatic N) is 4. The van der Waals surface area contributed by atoms with Crippen LogP contribution in [0.2, 0.25) is 0 Å². The lowest BCUT2D eigenvalue weighted by Crippen LogP contribution is -2.59. The Morgan fingerprint density at radius 1 is 1.09 bits per heavy atom. The number of nitrogens with one attached hydrogen (secondary N) is 2. The topological polar surface area (TPSA) is 121 Å². The number of benzene rings is 1. The van der Waals surface area contributed by atoms with E-state index in [1.54, 1.807) is 40.1 Å². The Kier molecular flexibility index (Phi) is 6.42. The maximum absolute atomic E-state index is 13.6. The minimum atomic E-state index is -0.862. The molecule has 0 unspecified atom stereocenters. The number of carbonyl (C=O) groups excluding carboxylic acids is 3. The summed E-state index contributed by atoms with van der Waals surface area (Å²) in [6, 6.07) is 4.53. The van der Waals surface area contributed by atoms with E-state index in [4.69, 9.17) is 4.74 Å². The second-order valence-corrected chi connectivity index (χ2v) is 9.48. The van der Waals surface area contributed by atoms with E-state index < -0.39 is 41.4 Å². The summed E-state index contributed by atoms with van der Waals surface area (Å²) in [5, 5.41) is 9.98. The summed E-state index contributed by atoms with van der Waals surface area (Å²) in [6.07, 6.45) is 4.04. The van der Waals surface area contributed by atoms with Crippen LogP contribution in [0.4, 0.5) is 14.9 Å². The van der Waals surface area contributed by atoms with E-state index in [0.717, 1.165) is 0 Å². The normalized spacial score (nSPS) is 18.4. The SMILES string of the molecule is C[C@H]1CN(C(=O)C(=O)Nc2cncc3cn[nH]c23)[C@@H](c2ccc(F)cc2)CN1C(=O)OC(C)(C)C. The molecule has 184 valence electrons. The predicted molar refractivity (Wildman–Crippen MR) is 126 cm³/mol. The van der Waals surface area contributed by atoms with Gasteiger partial charge >= 0.3 is 17.9 Å². The third-order valence-electron chi connectivity index (χ3n) is 5.68. The Hall–Kier alpha value is -4.02. The van der Waals surface area contributed by atoms with Crippen molar-refractivity contribution in [2.24, 2.45) is 0 Å². The Bertz CT molecular complexity index is 1250. The number of aromatic nitrogens is 3. The van der Waals surface area contributed by atoms with Gasteiger partial charge in [0.2, 0.25) is 0 Å². The molecule has 0 saturated carbocycles. The molecule has 1 aliphatic rings. The molecule has 3 aromatic rings. The molecule has 11 heteroatoms. The van der Waals surface area contributed by atoms with Gasteiger partial charge in [0.1, 0.15) is 11.4 Å². The zero-order valence-corrected chi connectivity index (χ0v) is 19.9.